The SMILES string of the molecule is CC[C@H](C)[C@H](NC(C)=O)C(=O)N[C@@H](CCC(=O)O)C(=O)N1C[C@@H](NC(=O)CCc2ccc(OC)cc2OC)C[C@H]1C(O)NC(=O)CC(=O)O. The molecule has 1 aliphatic heterocycles. The first kappa shape index (κ1) is 40.2. The van der Waals surface area contributed by atoms with E-state index >= 15 is 0 Å². The van der Waals surface area contributed by atoms with Gasteiger partial charge in [-0.2, -0.15) is 0 Å². The maximum absolute atomic E-state index is 14.0. The highest BCUT2D eigenvalue weighted by Crippen LogP contribution is 2.26. The third-order valence-electron chi connectivity index (χ3n) is 8.21. The Labute approximate surface area is 284 Å². The van der Waals surface area contributed by atoms with Gasteiger partial charge in [-0.05, 0) is 36.8 Å². The number of carboxylic acids is 2. The van der Waals surface area contributed by atoms with E-state index in [9.17, 15) is 43.8 Å². The minimum Gasteiger partial charge on any atom is -0.497 e. The van der Waals surface area contributed by atoms with Gasteiger partial charge in [0.05, 0.1) is 20.3 Å². The number of carboxylic acid groups (broad SMARTS) is 2. The minimum absolute atomic E-state index is 0.0210. The molecule has 0 spiro atoms. The molecule has 49 heavy (non-hydrogen) atoms. The number of hydrogen-bond acceptors (Lipinski definition) is 10. The number of carbonyl (C=O) groups excluding carboxylic acids is 5. The van der Waals surface area contributed by atoms with Crippen molar-refractivity contribution in [3.63, 3.8) is 0 Å². The number of nitrogens with one attached hydrogen (secondary N) is 4. The lowest BCUT2D eigenvalue weighted by molar-refractivity contribution is -0.145. The molecular formula is C32H47N5O12. The summed E-state index contributed by atoms with van der Waals surface area (Å²) in [6, 6.07) is 0.771. The lowest BCUT2D eigenvalue weighted by Crippen LogP contribution is -2.58. The van der Waals surface area contributed by atoms with Crippen molar-refractivity contribution in [3.8, 4) is 11.5 Å². The average molecular weight is 694 g/mol. The van der Waals surface area contributed by atoms with Gasteiger partial charge in [-0.15, -0.1) is 0 Å². The van der Waals surface area contributed by atoms with Crippen LogP contribution in [0.4, 0.5) is 0 Å². The van der Waals surface area contributed by atoms with Crippen molar-refractivity contribution in [1.29, 1.82) is 0 Å². The van der Waals surface area contributed by atoms with Crippen molar-refractivity contribution in [3.05, 3.63) is 23.8 Å². The fourth-order valence-electron chi connectivity index (χ4n) is 5.49. The largest absolute Gasteiger partial charge is 0.497 e. The number of ether oxygens (including phenoxy) is 2. The van der Waals surface area contributed by atoms with Crippen molar-refractivity contribution in [2.75, 3.05) is 20.8 Å². The number of amides is 5. The van der Waals surface area contributed by atoms with Gasteiger partial charge in [-0.3, -0.25) is 33.6 Å². The van der Waals surface area contributed by atoms with Gasteiger partial charge in [0.15, 0.2) is 0 Å². The number of aryl methyl sites for hydroxylation is 1. The second-order valence-corrected chi connectivity index (χ2v) is 11.9. The molecule has 1 aromatic carbocycles. The summed E-state index contributed by atoms with van der Waals surface area (Å²) >= 11 is 0. The van der Waals surface area contributed by atoms with E-state index in [2.05, 4.69) is 21.3 Å². The lowest BCUT2D eigenvalue weighted by Gasteiger charge is -2.33. The molecule has 0 radical (unpaired) electrons. The van der Waals surface area contributed by atoms with Crippen LogP contribution in [0.3, 0.4) is 0 Å². The fraction of sp³-hybridized carbons (Fsp3) is 0.594. The van der Waals surface area contributed by atoms with Crippen LogP contribution in [-0.4, -0.2) is 113 Å². The summed E-state index contributed by atoms with van der Waals surface area (Å²) in [5.41, 5.74) is 0.739. The van der Waals surface area contributed by atoms with Gasteiger partial charge >= 0.3 is 11.9 Å². The number of aliphatic hydroxyl groups excluding tert-OH is 1. The predicted octanol–water partition coefficient (Wildman–Crippen LogP) is -0.468. The molecule has 1 aliphatic rings. The van der Waals surface area contributed by atoms with Gasteiger partial charge < -0.3 is 51.0 Å². The normalized spacial score (nSPS) is 17.9. The van der Waals surface area contributed by atoms with Crippen LogP contribution >= 0.6 is 0 Å². The predicted molar refractivity (Wildman–Crippen MR) is 172 cm³/mol. The zero-order valence-corrected chi connectivity index (χ0v) is 28.3. The number of carbonyl (C=O) groups is 7. The number of rotatable bonds is 19. The van der Waals surface area contributed by atoms with Crippen LogP contribution in [0, 0.1) is 5.92 Å². The Kier molecular flexibility index (Phi) is 15.7. The lowest BCUT2D eigenvalue weighted by atomic mass is 9.97. The van der Waals surface area contributed by atoms with Crippen molar-refractivity contribution in [2.24, 2.45) is 5.92 Å². The molecule has 17 heteroatoms. The van der Waals surface area contributed by atoms with E-state index < -0.39 is 84.7 Å². The van der Waals surface area contributed by atoms with Crippen molar-refractivity contribution in [2.45, 2.75) is 96.1 Å². The molecule has 1 heterocycles. The minimum atomic E-state index is -1.77. The second kappa shape index (κ2) is 19.2. The topological polar surface area (TPSA) is 250 Å². The Hall–Kier alpha value is -4.93. The van der Waals surface area contributed by atoms with E-state index in [1.807, 2.05) is 0 Å². The summed E-state index contributed by atoms with van der Waals surface area (Å²) < 4.78 is 10.6. The highest BCUT2D eigenvalue weighted by molar-refractivity contribution is 5.94. The molecule has 1 unspecified atom stereocenters. The number of hydrogen-bond donors (Lipinski definition) is 7. The monoisotopic (exact) mass is 693 g/mol. The molecule has 0 aliphatic carbocycles. The molecule has 272 valence electrons. The summed E-state index contributed by atoms with van der Waals surface area (Å²) in [7, 11) is 3.00. The van der Waals surface area contributed by atoms with Crippen LogP contribution in [0.1, 0.15) is 64.9 Å². The van der Waals surface area contributed by atoms with Gasteiger partial charge in [-0.25, -0.2) is 0 Å². The van der Waals surface area contributed by atoms with E-state index in [1.165, 1.54) is 21.1 Å². The van der Waals surface area contributed by atoms with Crippen LogP contribution in [0.15, 0.2) is 18.2 Å². The summed E-state index contributed by atoms with van der Waals surface area (Å²) in [5.74, 6) is -5.40. The zero-order valence-electron chi connectivity index (χ0n) is 28.3. The first-order valence-corrected chi connectivity index (χ1v) is 15.9. The number of aliphatic carboxylic acids is 2. The maximum Gasteiger partial charge on any atom is 0.312 e. The zero-order chi connectivity index (χ0) is 36.8. The number of nitrogens with zero attached hydrogens (tertiary/aromatic N) is 1. The van der Waals surface area contributed by atoms with Crippen LogP contribution < -0.4 is 30.7 Å². The van der Waals surface area contributed by atoms with E-state index in [0.29, 0.717) is 24.3 Å². The molecular weight excluding hydrogens is 646 g/mol. The third-order valence-corrected chi connectivity index (χ3v) is 8.21. The Morgan fingerprint density at radius 3 is 2.22 bits per heavy atom. The molecule has 0 aromatic heterocycles. The summed E-state index contributed by atoms with van der Waals surface area (Å²) in [6.07, 6.45) is -2.86. The Morgan fingerprint density at radius 2 is 1.65 bits per heavy atom. The second-order valence-electron chi connectivity index (χ2n) is 11.9. The van der Waals surface area contributed by atoms with E-state index in [0.717, 1.165) is 10.5 Å². The highest BCUT2D eigenvalue weighted by atomic mass is 16.5. The van der Waals surface area contributed by atoms with Crippen molar-refractivity contribution in [1.82, 2.24) is 26.2 Å². The van der Waals surface area contributed by atoms with Crippen LogP contribution in [-0.2, 0) is 40.0 Å². The molecule has 7 N–H and O–H groups in total. The average Bonchev–Trinajstić information content (AvgIpc) is 3.46. The van der Waals surface area contributed by atoms with Crippen molar-refractivity contribution < 1.29 is 58.4 Å². The Morgan fingerprint density at radius 1 is 0.959 bits per heavy atom. The molecule has 1 aromatic rings. The standard InChI is InChI=1S/C32H47N5O12/c1-6-17(2)29(33-18(3)38)31(46)35-22(10-12-27(41)42)32(47)37-16-20(13-23(37)30(45)36-26(40)15-28(43)44)34-25(39)11-8-19-7-9-21(48-4)14-24(19)49-5/h7,9,14,17,20,22-23,29-30,45H,6,8,10-13,15-16H2,1-5H3,(H,33,38)(H,34,39)(H,35,46)(H,36,40)(H,41,42)(H,43,44)/t17-,20-,22-,23-,29-,30?/m0/s1. The number of aliphatic hydroxyl groups is 1. The van der Waals surface area contributed by atoms with Gasteiger partial charge in [0, 0.05) is 38.4 Å². The maximum atomic E-state index is 14.0. The molecule has 0 saturated carbocycles. The molecule has 1 fully saturated rings. The first-order chi connectivity index (χ1) is 23.1. The van der Waals surface area contributed by atoms with Gasteiger partial charge in [0.1, 0.15) is 36.2 Å². The molecule has 0 bridgehead atoms. The molecule has 17 nitrogen and oxygen atoms in total. The van der Waals surface area contributed by atoms with Crippen LogP contribution in [0.25, 0.3) is 0 Å². The van der Waals surface area contributed by atoms with E-state index in [1.54, 1.807) is 32.0 Å². The van der Waals surface area contributed by atoms with Crippen molar-refractivity contribution >= 4 is 41.5 Å². The fourth-order valence-corrected chi connectivity index (χ4v) is 5.49. The molecule has 6 atom stereocenters. The van der Waals surface area contributed by atoms with E-state index in [-0.39, 0.29) is 31.7 Å². The number of likely N-dealkylation sites (tertiary alicyclic amines) is 1. The first-order valence-electron chi connectivity index (χ1n) is 15.9. The van der Waals surface area contributed by atoms with Gasteiger partial charge in [0.25, 0.3) is 0 Å². The molecule has 5 amide bonds. The molecule has 1 saturated heterocycles. The smallest absolute Gasteiger partial charge is 0.312 e. The highest BCUT2D eigenvalue weighted by Gasteiger charge is 2.43. The van der Waals surface area contributed by atoms with Gasteiger partial charge in [0.2, 0.25) is 29.5 Å². The quantitative estimate of drug-likeness (QED) is 0.0718. The summed E-state index contributed by atoms with van der Waals surface area (Å²) in [6.45, 7) is 4.56. The molecule has 2 rings (SSSR count). The number of methoxy groups -OCH3 is 2. The summed E-state index contributed by atoms with van der Waals surface area (Å²) in [4.78, 5) is 87.9. The number of benzene rings is 1. The van der Waals surface area contributed by atoms with Crippen LogP contribution in [0.2, 0.25) is 0 Å². The Balaban J connectivity index is 2.31. The van der Waals surface area contributed by atoms with Crippen LogP contribution in [0.5, 0.6) is 11.5 Å². The van der Waals surface area contributed by atoms with Gasteiger partial charge in [-0.1, -0.05) is 26.3 Å². The third kappa shape index (κ3) is 12.6. The Bertz CT molecular complexity index is 1370. The van der Waals surface area contributed by atoms with E-state index in [4.69, 9.17) is 14.6 Å². The summed E-state index contributed by atoms with van der Waals surface area (Å²) in [5, 5.41) is 39.3.